The van der Waals surface area contributed by atoms with Crippen LogP contribution in [0.4, 0.5) is 0 Å². The highest BCUT2D eigenvalue weighted by atomic mass is 16.4. The van der Waals surface area contributed by atoms with Gasteiger partial charge in [0.25, 0.3) is 0 Å². The summed E-state index contributed by atoms with van der Waals surface area (Å²) in [7, 11) is 0. The fraction of sp³-hybridized carbons (Fsp3) is 0.231. The topological polar surface area (TPSA) is 74.6 Å². The van der Waals surface area contributed by atoms with Gasteiger partial charge in [-0.3, -0.25) is 9.59 Å². The molecule has 17 heavy (non-hydrogen) atoms. The summed E-state index contributed by atoms with van der Waals surface area (Å²) in [5, 5.41) is 17.5. The van der Waals surface area contributed by atoms with E-state index in [4.69, 9.17) is 10.2 Å². The molecule has 0 saturated heterocycles. The molecule has 1 aromatic rings. The molecule has 1 rings (SSSR count). The van der Waals surface area contributed by atoms with Crippen LogP contribution in [0.2, 0.25) is 0 Å². The summed E-state index contributed by atoms with van der Waals surface area (Å²) in [5.74, 6) is -3.99. The van der Waals surface area contributed by atoms with Gasteiger partial charge >= 0.3 is 11.9 Å². The van der Waals surface area contributed by atoms with E-state index in [0.29, 0.717) is 0 Å². The molecule has 0 saturated carbocycles. The van der Waals surface area contributed by atoms with E-state index < -0.39 is 17.9 Å². The van der Waals surface area contributed by atoms with Crippen molar-refractivity contribution < 1.29 is 19.8 Å². The van der Waals surface area contributed by atoms with Gasteiger partial charge in [0.1, 0.15) is 0 Å². The highest BCUT2D eigenvalue weighted by Gasteiger charge is 2.25. The molecule has 0 spiro atoms. The fourth-order valence-electron chi connectivity index (χ4n) is 1.49. The molecule has 0 atom stereocenters. The van der Waals surface area contributed by atoms with Crippen LogP contribution in [0.5, 0.6) is 0 Å². The molecule has 0 unspecified atom stereocenters. The van der Waals surface area contributed by atoms with E-state index in [-0.39, 0.29) is 6.42 Å². The third-order valence-electron chi connectivity index (χ3n) is 2.33. The van der Waals surface area contributed by atoms with E-state index in [1.807, 2.05) is 30.3 Å². The van der Waals surface area contributed by atoms with Crippen molar-refractivity contribution in [2.24, 2.45) is 5.92 Å². The van der Waals surface area contributed by atoms with Crippen molar-refractivity contribution in [2.75, 3.05) is 0 Å². The van der Waals surface area contributed by atoms with E-state index in [9.17, 15) is 9.59 Å². The van der Waals surface area contributed by atoms with Crippen molar-refractivity contribution in [3.05, 3.63) is 41.5 Å². The highest BCUT2D eigenvalue weighted by Crippen LogP contribution is 2.15. The Balaban J connectivity index is 2.77. The smallest absolute Gasteiger partial charge is 0.318 e. The number of hydrogen-bond acceptors (Lipinski definition) is 2. The Hall–Kier alpha value is -2.10. The average molecular weight is 234 g/mol. The largest absolute Gasteiger partial charge is 0.481 e. The van der Waals surface area contributed by atoms with Crippen LogP contribution in [0.15, 0.2) is 35.9 Å². The Morgan fingerprint density at radius 3 is 2.18 bits per heavy atom. The molecule has 0 bridgehead atoms. The Labute approximate surface area is 99.2 Å². The average Bonchev–Trinajstić information content (AvgIpc) is 2.26. The minimum atomic E-state index is -1.38. The zero-order valence-electron chi connectivity index (χ0n) is 9.46. The molecule has 0 fully saturated rings. The second kappa shape index (κ2) is 5.84. The van der Waals surface area contributed by atoms with Gasteiger partial charge in [-0.05, 0) is 18.9 Å². The summed E-state index contributed by atoms with van der Waals surface area (Å²) in [5.41, 5.74) is 1.66. The minimum absolute atomic E-state index is 0.0135. The van der Waals surface area contributed by atoms with Crippen molar-refractivity contribution in [1.82, 2.24) is 0 Å². The molecule has 0 heterocycles. The molecule has 0 aliphatic carbocycles. The first-order valence-corrected chi connectivity index (χ1v) is 5.18. The van der Waals surface area contributed by atoms with Crippen LogP contribution in [-0.2, 0) is 9.59 Å². The molecule has 2 N–H and O–H groups in total. The van der Waals surface area contributed by atoms with Gasteiger partial charge in [0.15, 0.2) is 5.92 Å². The van der Waals surface area contributed by atoms with Gasteiger partial charge in [-0.2, -0.15) is 0 Å². The van der Waals surface area contributed by atoms with Crippen molar-refractivity contribution in [2.45, 2.75) is 13.3 Å². The molecule has 0 amide bonds. The molecule has 4 nitrogen and oxygen atoms in total. The van der Waals surface area contributed by atoms with Crippen molar-refractivity contribution in [1.29, 1.82) is 0 Å². The van der Waals surface area contributed by atoms with Crippen molar-refractivity contribution in [3.63, 3.8) is 0 Å². The maximum absolute atomic E-state index is 10.7. The Kier molecular flexibility index (Phi) is 4.46. The van der Waals surface area contributed by atoms with E-state index in [1.165, 1.54) is 0 Å². The second-order valence-corrected chi connectivity index (χ2v) is 3.83. The molecule has 1 aromatic carbocycles. The fourth-order valence-corrected chi connectivity index (χ4v) is 1.49. The quantitative estimate of drug-likeness (QED) is 0.766. The van der Waals surface area contributed by atoms with E-state index in [1.54, 1.807) is 13.0 Å². The lowest BCUT2D eigenvalue weighted by Gasteiger charge is -2.07. The van der Waals surface area contributed by atoms with Gasteiger partial charge in [-0.1, -0.05) is 42.0 Å². The van der Waals surface area contributed by atoms with Gasteiger partial charge in [-0.15, -0.1) is 0 Å². The zero-order chi connectivity index (χ0) is 12.8. The van der Waals surface area contributed by atoms with Crippen molar-refractivity contribution in [3.8, 4) is 0 Å². The molecule has 4 heteroatoms. The molecular weight excluding hydrogens is 220 g/mol. The van der Waals surface area contributed by atoms with Crippen LogP contribution in [0.25, 0.3) is 6.08 Å². The first-order chi connectivity index (χ1) is 8.00. The van der Waals surface area contributed by atoms with Gasteiger partial charge in [0, 0.05) is 0 Å². The predicted molar refractivity (Wildman–Crippen MR) is 63.5 cm³/mol. The third kappa shape index (κ3) is 4.10. The Bertz CT molecular complexity index is 420. The Morgan fingerprint density at radius 2 is 1.71 bits per heavy atom. The number of hydrogen-bond donors (Lipinski definition) is 2. The summed E-state index contributed by atoms with van der Waals surface area (Å²) >= 11 is 0. The molecule has 90 valence electrons. The maximum atomic E-state index is 10.7. The molecular formula is C13H14O4. The predicted octanol–water partition coefficient (Wildman–Crippen LogP) is 2.27. The number of rotatable bonds is 5. The summed E-state index contributed by atoms with van der Waals surface area (Å²) in [6.45, 7) is 1.73. The van der Waals surface area contributed by atoms with Crippen LogP contribution in [0, 0.1) is 5.92 Å². The van der Waals surface area contributed by atoms with Gasteiger partial charge in [0.2, 0.25) is 0 Å². The number of aliphatic carboxylic acids is 2. The second-order valence-electron chi connectivity index (χ2n) is 3.83. The van der Waals surface area contributed by atoms with E-state index >= 15 is 0 Å². The first kappa shape index (κ1) is 13.0. The van der Waals surface area contributed by atoms with Gasteiger partial charge in [-0.25, -0.2) is 0 Å². The number of carbonyl (C=O) groups is 2. The number of allylic oxidation sites excluding steroid dienone is 1. The first-order valence-electron chi connectivity index (χ1n) is 5.18. The maximum Gasteiger partial charge on any atom is 0.318 e. The molecule has 0 aliphatic rings. The summed E-state index contributed by atoms with van der Waals surface area (Å²) in [6, 6.07) is 9.36. The van der Waals surface area contributed by atoms with E-state index in [2.05, 4.69) is 0 Å². The SMILES string of the molecule is CC(=Cc1ccccc1)CC(C(=O)O)C(=O)O. The van der Waals surface area contributed by atoms with E-state index in [0.717, 1.165) is 11.1 Å². The Morgan fingerprint density at radius 1 is 1.18 bits per heavy atom. The lowest BCUT2D eigenvalue weighted by Crippen LogP contribution is -2.23. The van der Waals surface area contributed by atoms with Crippen LogP contribution in [0.3, 0.4) is 0 Å². The van der Waals surface area contributed by atoms with Gasteiger partial charge < -0.3 is 10.2 Å². The van der Waals surface area contributed by atoms with Crippen LogP contribution < -0.4 is 0 Å². The van der Waals surface area contributed by atoms with Crippen LogP contribution in [0.1, 0.15) is 18.9 Å². The van der Waals surface area contributed by atoms with Crippen LogP contribution in [-0.4, -0.2) is 22.2 Å². The summed E-state index contributed by atoms with van der Waals surface area (Å²) in [4.78, 5) is 21.4. The lowest BCUT2D eigenvalue weighted by molar-refractivity contribution is -0.154. The number of benzene rings is 1. The molecule has 0 aromatic heterocycles. The summed E-state index contributed by atoms with van der Waals surface area (Å²) < 4.78 is 0. The van der Waals surface area contributed by atoms with Crippen molar-refractivity contribution >= 4 is 18.0 Å². The number of carboxylic acid groups (broad SMARTS) is 2. The molecule has 0 radical (unpaired) electrons. The number of carboxylic acids is 2. The zero-order valence-corrected chi connectivity index (χ0v) is 9.46. The van der Waals surface area contributed by atoms with Crippen LogP contribution >= 0.6 is 0 Å². The molecule has 0 aliphatic heterocycles. The van der Waals surface area contributed by atoms with Gasteiger partial charge in [0.05, 0.1) is 0 Å². The highest BCUT2D eigenvalue weighted by molar-refractivity contribution is 5.93. The minimum Gasteiger partial charge on any atom is -0.481 e. The monoisotopic (exact) mass is 234 g/mol. The lowest BCUT2D eigenvalue weighted by atomic mass is 9.99. The normalized spacial score (nSPS) is 11.5. The summed E-state index contributed by atoms with van der Waals surface area (Å²) in [6.07, 6.45) is 1.80. The standard InChI is InChI=1S/C13H14O4/c1-9(7-10-5-3-2-4-6-10)8-11(12(14)15)13(16)17/h2-7,11H,8H2,1H3,(H,14,15)(H,16,17). The third-order valence-corrected chi connectivity index (χ3v) is 2.33.